The summed E-state index contributed by atoms with van der Waals surface area (Å²) in [6.45, 7) is 4.18. The summed E-state index contributed by atoms with van der Waals surface area (Å²) in [4.78, 5) is 7.91. The molecule has 0 bridgehead atoms. The second kappa shape index (κ2) is 5.70. The molecule has 0 unspecified atom stereocenters. The minimum absolute atomic E-state index is 0.188. The molecule has 0 fully saturated rings. The summed E-state index contributed by atoms with van der Waals surface area (Å²) in [5, 5.41) is 5.67. The topological polar surface area (TPSA) is 49.8 Å². The summed E-state index contributed by atoms with van der Waals surface area (Å²) in [5.74, 6) is 1.07. The lowest BCUT2D eigenvalue weighted by atomic mass is 10.3. The molecule has 0 aromatic carbocycles. The number of aromatic nitrogens is 2. The normalized spacial score (nSPS) is 11.4. The molecule has 4 nitrogen and oxygen atoms in total. The third kappa shape index (κ3) is 4.46. The van der Waals surface area contributed by atoms with E-state index in [1.54, 1.807) is 6.92 Å². The Labute approximate surface area is 97.7 Å². The van der Waals surface area contributed by atoms with Crippen LogP contribution in [0.4, 0.5) is 24.8 Å². The molecule has 1 aromatic heterocycles. The predicted octanol–water partition coefficient (Wildman–Crippen LogP) is 2.58. The molecule has 0 atom stereocenters. The molecule has 2 N–H and O–H groups in total. The first-order valence-electron chi connectivity index (χ1n) is 5.30. The van der Waals surface area contributed by atoms with Crippen molar-refractivity contribution in [1.82, 2.24) is 9.97 Å². The highest BCUT2D eigenvalue weighted by Gasteiger charge is 2.26. The third-order valence-electron chi connectivity index (χ3n) is 2.13. The van der Waals surface area contributed by atoms with Crippen molar-refractivity contribution < 1.29 is 13.2 Å². The van der Waals surface area contributed by atoms with E-state index in [0.29, 0.717) is 18.2 Å². The first-order valence-corrected chi connectivity index (χ1v) is 5.30. The molecular weight excluding hydrogens is 233 g/mol. The number of anilines is 2. The summed E-state index contributed by atoms with van der Waals surface area (Å²) in [6, 6.07) is 0. The Kier molecular flexibility index (Phi) is 4.53. The van der Waals surface area contributed by atoms with Crippen LogP contribution in [0.1, 0.15) is 18.9 Å². The minimum atomic E-state index is -4.15. The maximum absolute atomic E-state index is 12.0. The van der Waals surface area contributed by atoms with Crippen molar-refractivity contribution in [2.75, 3.05) is 23.7 Å². The molecular formula is C10H15F3N4. The molecule has 0 saturated carbocycles. The first kappa shape index (κ1) is 13.5. The molecule has 0 radical (unpaired) electrons. The molecule has 0 spiro atoms. The number of rotatable bonds is 5. The molecule has 1 rings (SSSR count). The van der Waals surface area contributed by atoms with E-state index in [2.05, 4.69) is 20.6 Å². The second-order valence-electron chi connectivity index (χ2n) is 3.52. The number of hydrogen-bond donors (Lipinski definition) is 2. The van der Waals surface area contributed by atoms with Crippen molar-refractivity contribution in [2.45, 2.75) is 26.4 Å². The maximum atomic E-state index is 12.0. The van der Waals surface area contributed by atoms with Crippen LogP contribution < -0.4 is 10.6 Å². The van der Waals surface area contributed by atoms with E-state index in [-0.39, 0.29) is 6.54 Å². The standard InChI is InChI=1S/C10H15F3N4/c1-3-14-8-7(2)9(17-6-16-8)15-5-4-10(11,12)13/h6H,3-5H2,1-2H3,(H2,14,15,16,17). The van der Waals surface area contributed by atoms with Gasteiger partial charge >= 0.3 is 6.18 Å². The van der Waals surface area contributed by atoms with Gasteiger partial charge in [-0.3, -0.25) is 0 Å². The van der Waals surface area contributed by atoms with Crippen molar-refractivity contribution in [2.24, 2.45) is 0 Å². The molecule has 1 aromatic rings. The van der Waals surface area contributed by atoms with Crippen LogP contribution in [0.15, 0.2) is 6.33 Å². The lowest BCUT2D eigenvalue weighted by molar-refractivity contribution is -0.131. The van der Waals surface area contributed by atoms with Crippen LogP contribution >= 0.6 is 0 Å². The van der Waals surface area contributed by atoms with Crippen LogP contribution in [0.3, 0.4) is 0 Å². The zero-order valence-electron chi connectivity index (χ0n) is 9.73. The van der Waals surface area contributed by atoms with Crippen molar-refractivity contribution >= 4 is 11.6 Å². The largest absolute Gasteiger partial charge is 0.390 e. The van der Waals surface area contributed by atoms with Crippen molar-refractivity contribution in [3.63, 3.8) is 0 Å². The van der Waals surface area contributed by atoms with Gasteiger partial charge in [0.1, 0.15) is 18.0 Å². The number of halogens is 3. The zero-order chi connectivity index (χ0) is 12.9. The number of nitrogens with one attached hydrogen (secondary N) is 2. The Morgan fingerprint density at radius 2 is 1.76 bits per heavy atom. The van der Waals surface area contributed by atoms with Gasteiger partial charge in [0.25, 0.3) is 0 Å². The highest BCUT2D eigenvalue weighted by molar-refractivity contribution is 5.56. The number of alkyl halides is 3. The fourth-order valence-corrected chi connectivity index (χ4v) is 1.30. The van der Waals surface area contributed by atoms with Crippen LogP contribution in [0, 0.1) is 6.92 Å². The Morgan fingerprint density at radius 1 is 1.18 bits per heavy atom. The Bertz CT molecular complexity index is 365. The van der Waals surface area contributed by atoms with Gasteiger partial charge in [-0.15, -0.1) is 0 Å². The quantitative estimate of drug-likeness (QED) is 0.840. The Morgan fingerprint density at radius 3 is 2.29 bits per heavy atom. The summed E-state index contributed by atoms with van der Waals surface area (Å²) < 4.78 is 35.9. The van der Waals surface area contributed by atoms with Gasteiger partial charge in [0.15, 0.2) is 0 Å². The third-order valence-corrected chi connectivity index (χ3v) is 2.13. The van der Waals surface area contributed by atoms with Gasteiger partial charge in [-0.1, -0.05) is 0 Å². The van der Waals surface area contributed by atoms with E-state index in [4.69, 9.17) is 0 Å². The Hall–Kier alpha value is -1.53. The molecule has 0 aliphatic carbocycles. The van der Waals surface area contributed by atoms with E-state index in [1.807, 2.05) is 6.92 Å². The van der Waals surface area contributed by atoms with Crippen LogP contribution in [-0.2, 0) is 0 Å². The van der Waals surface area contributed by atoms with Crippen molar-refractivity contribution in [1.29, 1.82) is 0 Å². The van der Waals surface area contributed by atoms with Gasteiger partial charge in [-0.2, -0.15) is 13.2 Å². The first-order chi connectivity index (χ1) is 7.94. The molecule has 0 saturated heterocycles. The van der Waals surface area contributed by atoms with E-state index < -0.39 is 12.6 Å². The van der Waals surface area contributed by atoms with Gasteiger partial charge in [0.2, 0.25) is 0 Å². The van der Waals surface area contributed by atoms with Gasteiger partial charge in [0, 0.05) is 18.7 Å². The van der Waals surface area contributed by atoms with Crippen LogP contribution in [0.25, 0.3) is 0 Å². The highest BCUT2D eigenvalue weighted by Crippen LogP contribution is 2.21. The van der Waals surface area contributed by atoms with Crippen molar-refractivity contribution in [3.8, 4) is 0 Å². The molecule has 7 heteroatoms. The molecule has 0 aliphatic rings. The van der Waals surface area contributed by atoms with E-state index >= 15 is 0 Å². The molecule has 96 valence electrons. The van der Waals surface area contributed by atoms with Gasteiger partial charge < -0.3 is 10.6 Å². The SMILES string of the molecule is CCNc1ncnc(NCCC(F)(F)F)c1C. The zero-order valence-corrected chi connectivity index (χ0v) is 9.73. The van der Waals surface area contributed by atoms with E-state index in [1.165, 1.54) is 6.33 Å². The predicted molar refractivity (Wildman–Crippen MR) is 60.1 cm³/mol. The monoisotopic (exact) mass is 248 g/mol. The summed E-state index contributed by atoms with van der Waals surface area (Å²) in [6.07, 6.45) is -3.72. The van der Waals surface area contributed by atoms with E-state index in [0.717, 1.165) is 5.56 Å². The summed E-state index contributed by atoms with van der Waals surface area (Å²) >= 11 is 0. The van der Waals surface area contributed by atoms with Gasteiger partial charge in [-0.05, 0) is 13.8 Å². The van der Waals surface area contributed by atoms with Crippen LogP contribution in [0.2, 0.25) is 0 Å². The smallest absolute Gasteiger partial charge is 0.370 e. The average molecular weight is 248 g/mol. The lowest BCUT2D eigenvalue weighted by Crippen LogP contribution is -2.16. The summed E-state index contributed by atoms with van der Waals surface area (Å²) in [7, 11) is 0. The fourth-order valence-electron chi connectivity index (χ4n) is 1.30. The highest BCUT2D eigenvalue weighted by atomic mass is 19.4. The van der Waals surface area contributed by atoms with Gasteiger partial charge in [-0.25, -0.2) is 9.97 Å². The molecule has 0 amide bonds. The number of nitrogens with zero attached hydrogens (tertiary/aromatic N) is 2. The average Bonchev–Trinajstić information content (AvgIpc) is 2.22. The fraction of sp³-hybridized carbons (Fsp3) is 0.600. The molecule has 17 heavy (non-hydrogen) atoms. The Balaban J connectivity index is 2.62. The molecule has 0 aliphatic heterocycles. The lowest BCUT2D eigenvalue weighted by Gasteiger charge is -2.12. The van der Waals surface area contributed by atoms with Crippen LogP contribution in [0.5, 0.6) is 0 Å². The second-order valence-corrected chi connectivity index (χ2v) is 3.52. The minimum Gasteiger partial charge on any atom is -0.370 e. The van der Waals surface area contributed by atoms with Crippen LogP contribution in [-0.4, -0.2) is 29.2 Å². The number of hydrogen-bond acceptors (Lipinski definition) is 4. The van der Waals surface area contributed by atoms with Gasteiger partial charge in [0.05, 0.1) is 6.42 Å². The summed E-state index contributed by atoms with van der Waals surface area (Å²) in [5.41, 5.74) is 0.719. The van der Waals surface area contributed by atoms with E-state index in [9.17, 15) is 13.2 Å². The maximum Gasteiger partial charge on any atom is 0.390 e. The molecule has 1 heterocycles. The van der Waals surface area contributed by atoms with Crippen molar-refractivity contribution in [3.05, 3.63) is 11.9 Å².